The molecule has 0 saturated heterocycles. The molecule has 2 nitrogen and oxygen atoms in total. The van der Waals surface area contributed by atoms with Crippen LogP contribution >= 0.6 is 0 Å². The van der Waals surface area contributed by atoms with Crippen LogP contribution in [0.5, 0.6) is 0 Å². The highest BCUT2D eigenvalue weighted by atomic mass is 16.1. The molecule has 4 aromatic carbocycles. The van der Waals surface area contributed by atoms with Crippen LogP contribution in [0.3, 0.4) is 0 Å². The van der Waals surface area contributed by atoms with Gasteiger partial charge in [-0.15, -0.1) is 0 Å². The Hall–Kier alpha value is -3.39. The zero-order valence-electron chi connectivity index (χ0n) is 17.2. The molecule has 2 heteroatoms. The highest BCUT2D eigenvalue weighted by molar-refractivity contribution is 5.89. The lowest BCUT2D eigenvalue weighted by molar-refractivity contribution is -0.121. The molecule has 0 atom stereocenters. The predicted octanol–water partition coefficient (Wildman–Crippen LogP) is 6.42. The van der Waals surface area contributed by atoms with E-state index in [2.05, 4.69) is 90.2 Å². The smallest absolute Gasteiger partial charge is 0.220 e. The first-order valence-corrected chi connectivity index (χ1v) is 10.7. The Kier molecular flexibility index (Phi) is 4.84. The Morgan fingerprint density at radius 1 is 0.767 bits per heavy atom. The van der Waals surface area contributed by atoms with Gasteiger partial charge in [0.2, 0.25) is 5.91 Å². The average Bonchev–Trinajstić information content (AvgIpc) is 3.12. The number of nitrogens with one attached hydrogen (secondary N) is 1. The molecule has 0 unspecified atom stereocenters. The van der Waals surface area contributed by atoms with Crippen molar-refractivity contribution in [3.63, 3.8) is 0 Å². The van der Waals surface area contributed by atoms with Gasteiger partial charge >= 0.3 is 0 Å². The van der Waals surface area contributed by atoms with Crippen LogP contribution in [-0.4, -0.2) is 5.91 Å². The molecule has 148 valence electrons. The lowest BCUT2D eigenvalue weighted by atomic mass is 9.84. The molecule has 1 aliphatic rings. The van der Waals surface area contributed by atoms with E-state index in [1.54, 1.807) is 0 Å². The van der Waals surface area contributed by atoms with E-state index in [0.29, 0.717) is 13.0 Å². The van der Waals surface area contributed by atoms with E-state index in [1.807, 2.05) is 6.92 Å². The SMILES string of the molecule is CCCC(=O)NCc1c(C2c3ccccc3-c3ccccc32)ccc2ccccc12. The third kappa shape index (κ3) is 3.09. The van der Waals surface area contributed by atoms with Crippen molar-refractivity contribution >= 4 is 16.7 Å². The highest BCUT2D eigenvalue weighted by Gasteiger charge is 2.31. The molecule has 0 spiro atoms. The predicted molar refractivity (Wildman–Crippen MR) is 124 cm³/mol. The van der Waals surface area contributed by atoms with Crippen LogP contribution in [-0.2, 0) is 11.3 Å². The lowest BCUT2D eigenvalue weighted by Crippen LogP contribution is -2.23. The van der Waals surface area contributed by atoms with Gasteiger partial charge in [-0.1, -0.05) is 91.9 Å². The molecule has 5 rings (SSSR count). The van der Waals surface area contributed by atoms with Gasteiger partial charge in [0.1, 0.15) is 0 Å². The maximum Gasteiger partial charge on any atom is 0.220 e. The van der Waals surface area contributed by atoms with Crippen molar-refractivity contribution in [1.82, 2.24) is 5.32 Å². The Balaban J connectivity index is 1.69. The van der Waals surface area contributed by atoms with Gasteiger partial charge in [0, 0.05) is 18.9 Å². The zero-order valence-corrected chi connectivity index (χ0v) is 17.2. The van der Waals surface area contributed by atoms with Gasteiger partial charge in [-0.3, -0.25) is 4.79 Å². The number of amides is 1. The Labute approximate surface area is 177 Å². The van der Waals surface area contributed by atoms with Crippen LogP contribution in [0, 0.1) is 0 Å². The van der Waals surface area contributed by atoms with Crippen LogP contribution in [0.4, 0.5) is 0 Å². The van der Waals surface area contributed by atoms with E-state index in [-0.39, 0.29) is 11.8 Å². The number of hydrogen-bond acceptors (Lipinski definition) is 1. The molecule has 1 aliphatic carbocycles. The van der Waals surface area contributed by atoms with Gasteiger partial charge in [-0.2, -0.15) is 0 Å². The topological polar surface area (TPSA) is 29.1 Å². The molecule has 0 bridgehead atoms. The molecule has 0 aromatic heterocycles. The summed E-state index contributed by atoms with van der Waals surface area (Å²) >= 11 is 0. The van der Waals surface area contributed by atoms with E-state index in [9.17, 15) is 4.79 Å². The molecule has 0 heterocycles. The fourth-order valence-electron chi connectivity index (χ4n) is 4.81. The van der Waals surface area contributed by atoms with Crippen molar-refractivity contribution in [2.75, 3.05) is 0 Å². The van der Waals surface area contributed by atoms with Crippen LogP contribution in [0.1, 0.15) is 47.9 Å². The summed E-state index contributed by atoms with van der Waals surface area (Å²) in [7, 11) is 0. The van der Waals surface area contributed by atoms with Gasteiger partial charge in [0.25, 0.3) is 0 Å². The second kappa shape index (κ2) is 7.79. The van der Waals surface area contributed by atoms with Crippen molar-refractivity contribution < 1.29 is 4.79 Å². The number of carbonyl (C=O) groups is 1. The van der Waals surface area contributed by atoms with E-state index in [0.717, 1.165) is 6.42 Å². The second-order valence-electron chi connectivity index (χ2n) is 7.99. The lowest BCUT2D eigenvalue weighted by Gasteiger charge is -2.21. The quantitative estimate of drug-likeness (QED) is 0.368. The molecule has 0 aliphatic heterocycles. The first-order valence-electron chi connectivity index (χ1n) is 10.7. The van der Waals surface area contributed by atoms with Gasteiger partial charge in [0.05, 0.1) is 0 Å². The summed E-state index contributed by atoms with van der Waals surface area (Å²) in [6, 6.07) is 30.4. The minimum atomic E-state index is 0.114. The largest absolute Gasteiger partial charge is 0.352 e. The Morgan fingerprint density at radius 2 is 1.40 bits per heavy atom. The van der Waals surface area contributed by atoms with Gasteiger partial charge < -0.3 is 5.32 Å². The molecule has 30 heavy (non-hydrogen) atoms. The van der Waals surface area contributed by atoms with Crippen LogP contribution in [0.2, 0.25) is 0 Å². The highest BCUT2D eigenvalue weighted by Crippen LogP contribution is 2.49. The third-order valence-corrected chi connectivity index (χ3v) is 6.16. The molecular formula is C28H25NO. The molecule has 4 aromatic rings. The molecule has 0 radical (unpaired) electrons. The monoisotopic (exact) mass is 391 g/mol. The summed E-state index contributed by atoms with van der Waals surface area (Å²) in [5.41, 5.74) is 7.81. The van der Waals surface area contributed by atoms with Crippen molar-refractivity contribution in [2.45, 2.75) is 32.2 Å². The number of rotatable bonds is 5. The summed E-state index contributed by atoms with van der Waals surface area (Å²) in [6.45, 7) is 2.59. The first-order chi connectivity index (χ1) is 14.8. The van der Waals surface area contributed by atoms with Gasteiger partial charge in [0.15, 0.2) is 0 Å². The Bertz CT molecular complexity index is 1190. The van der Waals surface area contributed by atoms with E-state index < -0.39 is 0 Å². The number of hydrogen-bond donors (Lipinski definition) is 1. The van der Waals surface area contributed by atoms with E-state index in [1.165, 1.54) is 44.2 Å². The van der Waals surface area contributed by atoms with Crippen molar-refractivity contribution in [3.05, 3.63) is 107 Å². The van der Waals surface area contributed by atoms with Gasteiger partial charge in [-0.05, 0) is 50.6 Å². The van der Waals surface area contributed by atoms with Gasteiger partial charge in [-0.25, -0.2) is 0 Å². The normalized spacial score (nSPS) is 12.6. The summed E-state index contributed by atoms with van der Waals surface area (Å²) < 4.78 is 0. The molecule has 0 fully saturated rings. The number of fused-ring (bicyclic) bond motifs is 4. The molecular weight excluding hydrogens is 366 g/mol. The molecule has 0 saturated carbocycles. The van der Waals surface area contributed by atoms with Crippen LogP contribution in [0.15, 0.2) is 84.9 Å². The van der Waals surface area contributed by atoms with Crippen molar-refractivity contribution in [2.24, 2.45) is 0 Å². The number of benzene rings is 4. The fraction of sp³-hybridized carbons (Fsp3) is 0.179. The third-order valence-electron chi connectivity index (χ3n) is 6.16. The van der Waals surface area contributed by atoms with Crippen molar-refractivity contribution in [1.29, 1.82) is 0 Å². The Morgan fingerprint density at radius 3 is 2.10 bits per heavy atom. The minimum Gasteiger partial charge on any atom is -0.352 e. The van der Waals surface area contributed by atoms with E-state index in [4.69, 9.17) is 0 Å². The maximum atomic E-state index is 12.3. The first kappa shape index (κ1) is 18.6. The minimum absolute atomic E-state index is 0.114. The zero-order chi connectivity index (χ0) is 20.5. The standard InChI is InChI=1S/C28H25NO/c1-2-9-27(30)29-18-26-20-11-4-3-10-19(20)16-17-25(26)28-23-14-7-5-12-21(23)22-13-6-8-15-24(22)28/h3-8,10-17,28H,2,9,18H2,1H3,(H,29,30). The summed E-state index contributed by atoms with van der Waals surface area (Å²) in [6.07, 6.45) is 1.42. The maximum absolute atomic E-state index is 12.3. The van der Waals surface area contributed by atoms with Crippen molar-refractivity contribution in [3.8, 4) is 11.1 Å². The molecule has 1 amide bonds. The summed E-state index contributed by atoms with van der Waals surface area (Å²) in [5.74, 6) is 0.295. The average molecular weight is 392 g/mol. The summed E-state index contributed by atoms with van der Waals surface area (Å²) in [4.78, 5) is 12.3. The van der Waals surface area contributed by atoms with Crippen LogP contribution in [0.25, 0.3) is 21.9 Å². The fourth-order valence-corrected chi connectivity index (χ4v) is 4.81. The van der Waals surface area contributed by atoms with Crippen LogP contribution < -0.4 is 5.32 Å². The second-order valence-corrected chi connectivity index (χ2v) is 7.99. The van der Waals surface area contributed by atoms with E-state index >= 15 is 0 Å². The summed E-state index contributed by atoms with van der Waals surface area (Å²) in [5, 5.41) is 5.59. The molecule has 1 N–H and O–H groups in total. The number of carbonyl (C=O) groups excluding carboxylic acids is 1.